The molecule has 0 fully saturated rings. The number of aromatic nitrogens is 3. The first-order chi connectivity index (χ1) is 22.1. The van der Waals surface area contributed by atoms with Crippen molar-refractivity contribution in [3.8, 4) is 49.3 Å². The van der Waals surface area contributed by atoms with Gasteiger partial charge in [-0.3, -0.25) is 0 Å². The first-order valence-electron chi connectivity index (χ1n) is 15.3. The van der Waals surface area contributed by atoms with Crippen LogP contribution in [0.1, 0.15) is 25.0 Å². The topological polar surface area (TPSA) is 30.7 Å². The molecule has 4 heterocycles. The predicted molar refractivity (Wildman–Crippen MR) is 188 cm³/mol. The Bertz CT molecular complexity index is 2340. The minimum Gasteiger partial charge on any atom is -0.300 e. The molecule has 45 heavy (non-hydrogen) atoms. The van der Waals surface area contributed by atoms with Gasteiger partial charge >= 0.3 is 0 Å². The van der Waals surface area contributed by atoms with Gasteiger partial charge < -0.3 is 4.57 Å². The summed E-state index contributed by atoms with van der Waals surface area (Å²) in [6.07, 6.45) is 0. The van der Waals surface area contributed by atoms with Gasteiger partial charge in [0.15, 0.2) is 5.82 Å². The van der Waals surface area contributed by atoms with Gasteiger partial charge in [-0.2, -0.15) is 0 Å². The van der Waals surface area contributed by atoms with Gasteiger partial charge in [-0.05, 0) is 41.0 Å². The largest absolute Gasteiger partial charge is 0.300 e. The van der Waals surface area contributed by atoms with Crippen LogP contribution >= 0.6 is 11.3 Å². The maximum atomic E-state index is 5.09. The van der Waals surface area contributed by atoms with Gasteiger partial charge in [0.05, 0.1) is 22.4 Å². The summed E-state index contributed by atoms with van der Waals surface area (Å²) >= 11 is 1.88. The smallest absolute Gasteiger partial charge is 0.160 e. The molecular formula is C41H29N3S. The van der Waals surface area contributed by atoms with Crippen LogP contribution in [-0.2, 0) is 5.41 Å². The molecule has 3 aromatic heterocycles. The maximum absolute atomic E-state index is 5.09. The summed E-state index contributed by atoms with van der Waals surface area (Å²) in [4.78, 5) is 11.3. The van der Waals surface area contributed by atoms with E-state index in [1.54, 1.807) is 0 Å². The van der Waals surface area contributed by atoms with E-state index in [0.717, 1.165) is 33.9 Å². The van der Waals surface area contributed by atoms with Crippen LogP contribution in [0, 0.1) is 0 Å². The number of thiophene rings is 1. The van der Waals surface area contributed by atoms with Gasteiger partial charge in [0, 0.05) is 37.8 Å². The van der Waals surface area contributed by atoms with Crippen LogP contribution < -0.4 is 0 Å². The van der Waals surface area contributed by atoms with E-state index in [1.807, 2.05) is 35.6 Å². The average molecular weight is 596 g/mol. The Labute approximate surface area is 266 Å². The molecule has 0 spiro atoms. The molecule has 3 nitrogen and oxygen atoms in total. The molecule has 0 bridgehead atoms. The maximum Gasteiger partial charge on any atom is 0.160 e. The van der Waals surface area contributed by atoms with Crippen molar-refractivity contribution in [1.29, 1.82) is 0 Å². The third-order valence-electron chi connectivity index (χ3n) is 9.23. The molecule has 0 N–H and O–H groups in total. The molecule has 0 radical (unpaired) electrons. The van der Waals surface area contributed by atoms with Crippen molar-refractivity contribution in [3.05, 3.63) is 151 Å². The van der Waals surface area contributed by atoms with E-state index < -0.39 is 0 Å². The van der Waals surface area contributed by atoms with Gasteiger partial charge in [-0.25, -0.2) is 9.97 Å². The zero-order chi connectivity index (χ0) is 30.1. The Balaban J connectivity index is 1.21. The van der Waals surface area contributed by atoms with Crippen LogP contribution in [0.5, 0.6) is 0 Å². The normalized spacial score (nSPS) is 13.3. The summed E-state index contributed by atoms with van der Waals surface area (Å²) in [6, 6.07) is 49.5. The number of hydrogen-bond acceptors (Lipinski definition) is 3. The summed E-state index contributed by atoms with van der Waals surface area (Å²) in [7, 11) is 0. The van der Waals surface area contributed by atoms with Gasteiger partial charge in [0.25, 0.3) is 0 Å². The Morgan fingerprint density at radius 1 is 0.533 bits per heavy atom. The molecule has 0 atom stereocenters. The van der Waals surface area contributed by atoms with Crippen molar-refractivity contribution in [2.75, 3.05) is 0 Å². The van der Waals surface area contributed by atoms with Crippen molar-refractivity contribution in [2.24, 2.45) is 0 Å². The molecule has 5 aromatic carbocycles. The third-order valence-corrected chi connectivity index (χ3v) is 10.4. The summed E-state index contributed by atoms with van der Waals surface area (Å²) in [6.45, 7) is 4.73. The fraction of sp³-hybridized carbons (Fsp3) is 0.0732. The quantitative estimate of drug-likeness (QED) is 0.203. The van der Waals surface area contributed by atoms with Crippen LogP contribution in [0.15, 0.2) is 140 Å². The summed E-state index contributed by atoms with van der Waals surface area (Å²) < 4.78 is 2.50. The highest BCUT2D eigenvalue weighted by Gasteiger charge is 2.36. The van der Waals surface area contributed by atoms with Crippen molar-refractivity contribution < 1.29 is 0 Å². The Hall–Kier alpha value is -5.32. The van der Waals surface area contributed by atoms with E-state index in [1.165, 1.54) is 48.4 Å². The van der Waals surface area contributed by atoms with E-state index in [0.29, 0.717) is 0 Å². The molecule has 0 saturated heterocycles. The Morgan fingerprint density at radius 3 is 1.96 bits per heavy atom. The molecule has 8 aromatic rings. The molecule has 0 amide bonds. The summed E-state index contributed by atoms with van der Waals surface area (Å²) in [5.74, 6) is 0.729. The van der Waals surface area contributed by atoms with E-state index in [2.05, 4.69) is 134 Å². The molecular weight excluding hydrogens is 567 g/mol. The summed E-state index contributed by atoms with van der Waals surface area (Å²) in [5.41, 5.74) is 11.4. The number of rotatable bonds is 4. The van der Waals surface area contributed by atoms with Gasteiger partial charge in [-0.15, -0.1) is 11.3 Å². The van der Waals surface area contributed by atoms with Crippen molar-refractivity contribution >= 4 is 33.1 Å². The highest BCUT2D eigenvalue weighted by molar-refractivity contribution is 7.18. The minimum absolute atomic E-state index is 0.118. The van der Waals surface area contributed by atoms with Crippen LogP contribution in [0.25, 0.3) is 71.2 Å². The first-order valence-corrected chi connectivity index (χ1v) is 16.2. The number of para-hydroxylation sites is 2. The lowest BCUT2D eigenvalue weighted by molar-refractivity contribution is 0.635. The fourth-order valence-electron chi connectivity index (χ4n) is 6.92. The molecule has 0 aliphatic carbocycles. The van der Waals surface area contributed by atoms with Crippen molar-refractivity contribution in [3.63, 3.8) is 0 Å². The van der Waals surface area contributed by atoms with Crippen LogP contribution in [0.3, 0.4) is 0 Å². The number of hydrogen-bond donors (Lipinski definition) is 0. The minimum atomic E-state index is -0.118. The van der Waals surface area contributed by atoms with Crippen molar-refractivity contribution in [1.82, 2.24) is 14.5 Å². The zero-order valence-electron chi connectivity index (χ0n) is 25.0. The standard InChI is InChI=1S/C41H29N3S/c1-41(2)32-21-12-20-31-30-19-9-10-22-36(30)44(38(31)32)40-33(41)24-37(45-40)29-18-11-17-28(23-29)35-25-34(26-13-5-3-6-14-26)42-39(43-35)27-15-7-4-8-16-27/h3-25H,1-2H3. The lowest BCUT2D eigenvalue weighted by Crippen LogP contribution is -2.24. The highest BCUT2D eigenvalue weighted by Crippen LogP contribution is 2.51. The molecule has 0 saturated carbocycles. The fourth-order valence-corrected chi connectivity index (χ4v) is 8.25. The lowest BCUT2D eigenvalue weighted by Gasteiger charge is -2.32. The van der Waals surface area contributed by atoms with Crippen LogP contribution in [-0.4, -0.2) is 14.5 Å². The monoisotopic (exact) mass is 595 g/mol. The molecule has 9 rings (SSSR count). The van der Waals surface area contributed by atoms with Crippen LogP contribution in [0.2, 0.25) is 0 Å². The van der Waals surface area contributed by atoms with Gasteiger partial charge in [0.1, 0.15) is 5.00 Å². The molecule has 4 heteroatoms. The predicted octanol–water partition coefficient (Wildman–Crippen LogP) is 10.9. The van der Waals surface area contributed by atoms with Gasteiger partial charge in [-0.1, -0.05) is 129 Å². The third kappa shape index (κ3) is 4.03. The summed E-state index contributed by atoms with van der Waals surface area (Å²) in [5, 5.41) is 3.94. The average Bonchev–Trinajstić information content (AvgIpc) is 3.69. The zero-order valence-corrected chi connectivity index (χ0v) is 25.8. The van der Waals surface area contributed by atoms with Crippen molar-refractivity contribution in [2.45, 2.75) is 19.3 Å². The molecule has 1 aliphatic heterocycles. The molecule has 1 aliphatic rings. The van der Waals surface area contributed by atoms with E-state index in [-0.39, 0.29) is 5.41 Å². The number of benzene rings is 5. The second-order valence-electron chi connectivity index (χ2n) is 12.3. The van der Waals surface area contributed by atoms with Gasteiger partial charge in [0.2, 0.25) is 0 Å². The first kappa shape index (κ1) is 26.1. The highest BCUT2D eigenvalue weighted by atomic mass is 32.1. The van der Waals surface area contributed by atoms with Crippen LogP contribution in [0.4, 0.5) is 0 Å². The Kier molecular flexibility index (Phi) is 5.71. The molecule has 0 unspecified atom stereocenters. The lowest BCUT2D eigenvalue weighted by atomic mass is 9.76. The van der Waals surface area contributed by atoms with E-state index in [9.17, 15) is 0 Å². The Morgan fingerprint density at radius 2 is 1.16 bits per heavy atom. The van der Waals surface area contributed by atoms with E-state index in [4.69, 9.17) is 9.97 Å². The molecule has 214 valence electrons. The SMILES string of the molecule is CC1(C)c2cc(-c3cccc(-c4cc(-c5ccccc5)nc(-c5ccccc5)n4)c3)sc2-n2c3ccccc3c3cccc1c32. The van der Waals surface area contributed by atoms with E-state index >= 15 is 0 Å². The second kappa shape index (κ2) is 9.85. The number of nitrogens with zero attached hydrogens (tertiary/aromatic N) is 3. The second-order valence-corrected chi connectivity index (χ2v) is 13.3. The number of fused-ring (bicyclic) bond motifs is 5.